The van der Waals surface area contributed by atoms with E-state index in [4.69, 9.17) is 8.83 Å². The van der Waals surface area contributed by atoms with Crippen molar-refractivity contribution in [3.8, 4) is 11.7 Å². The van der Waals surface area contributed by atoms with Gasteiger partial charge in [-0.05, 0) is 40.0 Å². The second kappa shape index (κ2) is 5.19. The Morgan fingerprint density at radius 1 is 1.42 bits per heavy atom. The van der Waals surface area contributed by atoms with E-state index in [2.05, 4.69) is 4.98 Å². The van der Waals surface area contributed by atoms with Gasteiger partial charge in [0.25, 0.3) is 5.89 Å². The third kappa shape index (κ3) is 3.68. The topological polar surface area (TPSA) is 62.6 Å². The molecule has 0 aliphatic heterocycles. The predicted octanol–water partition coefficient (Wildman–Crippen LogP) is 2.45. The molecule has 0 saturated carbocycles. The van der Waals surface area contributed by atoms with Gasteiger partial charge in [0, 0.05) is 13.1 Å². The van der Waals surface area contributed by atoms with Crippen LogP contribution in [0.3, 0.4) is 0 Å². The van der Waals surface area contributed by atoms with Crippen molar-refractivity contribution in [2.75, 3.05) is 13.6 Å². The van der Waals surface area contributed by atoms with Crippen molar-refractivity contribution in [2.45, 2.75) is 32.9 Å². The van der Waals surface area contributed by atoms with Gasteiger partial charge in [-0.25, -0.2) is 4.98 Å². The molecule has 5 heteroatoms. The summed E-state index contributed by atoms with van der Waals surface area (Å²) >= 11 is 0. The average Bonchev–Trinajstić information content (AvgIpc) is 2.85. The first kappa shape index (κ1) is 13.8. The Morgan fingerprint density at radius 2 is 2.16 bits per heavy atom. The van der Waals surface area contributed by atoms with Gasteiger partial charge >= 0.3 is 0 Å². The Labute approximate surface area is 112 Å². The zero-order valence-corrected chi connectivity index (χ0v) is 11.8. The van der Waals surface area contributed by atoms with E-state index in [9.17, 15) is 5.11 Å². The maximum atomic E-state index is 9.79. The zero-order chi connectivity index (χ0) is 14.0. The lowest BCUT2D eigenvalue weighted by Crippen LogP contribution is -2.36. The summed E-state index contributed by atoms with van der Waals surface area (Å²) in [6.07, 6.45) is 1.59. The van der Waals surface area contributed by atoms with Crippen molar-refractivity contribution in [1.29, 1.82) is 0 Å². The number of aromatic nitrogens is 1. The highest BCUT2D eigenvalue weighted by atomic mass is 16.4. The zero-order valence-electron chi connectivity index (χ0n) is 11.8. The first-order valence-corrected chi connectivity index (χ1v) is 6.26. The van der Waals surface area contributed by atoms with E-state index in [1.165, 1.54) is 0 Å². The average molecular weight is 264 g/mol. The largest absolute Gasteiger partial charge is 0.459 e. The Hall–Kier alpha value is -1.59. The van der Waals surface area contributed by atoms with Crippen LogP contribution < -0.4 is 0 Å². The summed E-state index contributed by atoms with van der Waals surface area (Å²) in [6, 6.07) is 3.62. The molecule has 0 aromatic carbocycles. The summed E-state index contributed by atoms with van der Waals surface area (Å²) in [5.41, 5.74) is 0.133. The number of hydrogen-bond acceptors (Lipinski definition) is 5. The first-order valence-electron chi connectivity index (χ1n) is 6.26. The lowest BCUT2D eigenvalue weighted by molar-refractivity contribution is 0.0421. The van der Waals surface area contributed by atoms with Crippen LogP contribution in [-0.2, 0) is 6.54 Å². The van der Waals surface area contributed by atoms with E-state index in [1.54, 1.807) is 26.2 Å². The molecule has 2 heterocycles. The summed E-state index contributed by atoms with van der Waals surface area (Å²) in [5.74, 6) is 1.89. The van der Waals surface area contributed by atoms with Crippen molar-refractivity contribution in [1.82, 2.24) is 9.88 Å². The number of furan rings is 1. The fraction of sp³-hybridized carbons (Fsp3) is 0.500. The molecule has 0 aliphatic carbocycles. The second-order valence-corrected chi connectivity index (χ2v) is 5.48. The Balaban J connectivity index is 2.09. The molecule has 0 radical (unpaired) electrons. The second-order valence-electron chi connectivity index (χ2n) is 5.48. The molecule has 1 N–H and O–H groups in total. The van der Waals surface area contributed by atoms with E-state index in [0.29, 0.717) is 24.7 Å². The highest BCUT2D eigenvalue weighted by Gasteiger charge is 2.19. The maximum Gasteiger partial charge on any atom is 0.263 e. The number of aliphatic hydroxyl groups is 1. The van der Waals surface area contributed by atoms with Crippen molar-refractivity contribution < 1.29 is 13.9 Å². The molecule has 0 amide bonds. The predicted molar refractivity (Wildman–Crippen MR) is 71.6 cm³/mol. The molecule has 0 fully saturated rings. The lowest BCUT2D eigenvalue weighted by Gasteiger charge is -2.24. The number of rotatable bonds is 5. The van der Waals surface area contributed by atoms with Crippen LogP contribution in [0.1, 0.15) is 25.3 Å². The van der Waals surface area contributed by atoms with E-state index < -0.39 is 5.60 Å². The third-order valence-electron chi connectivity index (χ3n) is 2.70. The molecule has 0 atom stereocenters. The summed E-state index contributed by atoms with van der Waals surface area (Å²) < 4.78 is 10.9. The SMILES string of the molecule is Cc1oc(-c2ccco2)nc1CN(C)CC(C)(C)O. The van der Waals surface area contributed by atoms with Crippen LogP contribution >= 0.6 is 0 Å². The van der Waals surface area contributed by atoms with Crippen LogP contribution in [0, 0.1) is 6.92 Å². The monoisotopic (exact) mass is 264 g/mol. The van der Waals surface area contributed by atoms with E-state index >= 15 is 0 Å². The number of likely N-dealkylation sites (N-methyl/N-ethyl adjacent to an activating group) is 1. The quantitative estimate of drug-likeness (QED) is 0.898. The molecule has 2 aromatic rings. The van der Waals surface area contributed by atoms with Gasteiger partial charge in [-0.3, -0.25) is 4.90 Å². The molecular weight excluding hydrogens is 244 g/mol. The summed E-state index contributed by atoms with van der Waals surface area (Å²) in [4.78, 5) is 6.45. The van der Waals surface area contributed by atoms with Gasteiger partial charge in [-0.2, -0.15) is 0 Å². The van der Waals surface area contributed by atoms with Crippen molar-refractivity contribution >= 4 is 0 Å². The lowest BCUT2D eigenvalue weighted by atomic mass is 10.1. The van der Waals surface area contributed by atoms with Gasteiger partial charge in [-0.1, -0.05) is 0 Å². The maximum absolute atomic E-state index is 9.79. The van der Waals surface area contributed by atoms with Gasteiger partial charge in [0.15, 0.2) is 5.76 Å². The molecule has 0 unspecified atom stereocenters. The van der Waals surface area contributed by atoms with Crippen LogP contribution in [0.2, 0.25) is 0 Å². The molecule has 5 nitrogen and oxygen atoms in total. The minimum absolute atomic E-state index is 0.495. The van der Waals surface area contributed by atoms with Gasteiger partial charge < -0.3 is 13.9 Å². The Bertz CT molecular complexity index is 523. The molecule has 2 aromatic heterocycles. The summed E-state index contributed by atoms with van der Waals surface area (Å²) in [7, 11) is 1.94. The number of oxazole rings is 1. The molecule has 0 spiro atoms. The molecule has 0 saturated heterocycles. The first-order chi connectivity index (χ1) is 8.85. The Kier molecular flexibility index (Phi) is 3.78. The van der Waals surface area contributed by atoms with E-state index in [1.807, 2.05) is 24.9 Å². The molecule has 0 aliphatic rings. The van der Waals surface area contributed by atoms with E-state index in [-0.39, 0.29) is 0 Å². The van der Waals surface area contributed by atoms with Crippen molar-refractivity contribution in [2.24, 2.45) is 0 Å². The van der Waals surface area contributed by atoms with Crippen LogP contribution in [0.5, 0.6) is 0 Å². The highest BCUT2D eigenvalue weighted by molar-refractivity contribution is 5.44. The van der Waals surface area contributed by atoms with Crippen LogP contribution in [0.4, 0.5) is 0 Å². The molecule has 2 rings (SSSR count). The van der Waals surface area contributed by atoms with Gasteiger partial charge in [0.05, 0.1) is 17.6 Å². The fourth-order valence-electron chi connectivity index (χ4n) is 2.05. The Morgan fingerprint density at radius 3 is 2.74 bits per heavy atom. The smallest absolute Gasteiger partial charge is 0.263 e. The van der Waals surface area contributed by atoms with Crippen LogP contribution in [-0.4, -0.2) is 34.2 Å². The van der Waals surface area contributed by atoms with E-state index in [0.717, 1.165) is 11.5 Å². The van der Waals surface area contributed by atoms with Crippen LogP contribution in [0.15, 0.2) is 27.2 Å². The van der Waals surface area contributed by atoms with Crippen molar-refractivity contribution in [3.05, 3.63) is 29.9 Å². The van der Waals surface area contributed by atoms with Gasteiger partial charge in [-0.15, -0.1) is 0 Å². The number of hydrogen-bond donors (Lipinski definition) is 1. The van der Waals surface area contributed by atoms with Crippen LogP contribution in [0.25, 0.3) is 11.7 Å². The van der Waals surface area contributed by atoms with Crippen molar-refractivity contribution in [3.63, 3.8) is 0 Å². The van der Waals surface area contributed by atoms with Gasteiger partial charge in [0.2, 0.25) is 0 Å². The minimum Gasteiger partial charge on any atom is -0.459 e. The molecule has 0 bridgehead atoms. The molecule has 104 valence electrons. The third-order valence-corrected chi connectivity index (χ3v) is 2.70. The normalized spacial score (nSPS) is 12.3. The van der Waals surface area contributed by atoms with Gasteiger partial charge in [0.1, 0.15) is 5.76 Å². The number of nitrogens with zero attached hydrogens (tertiary/aromatic N) is 2. The highest BCUT2D eigenvalue weighted by Crippen LogP contribution is 2.22. The standard InChI is InChI=1S/C14H20N2O3/c1-10-11(8-16(4)9-14(2,3)17)15-13(19-10)12-6-5-7-18-12/h5-7,17H,8-9H2,1-4H3. The number of aryl methyl sites for hydroxylation is 1. The molecular formula is C14H20N2O3. The summed E-state index contributed by atoms with van der Waals surface area (Å²) in [5, 5.41) is 9.79. The molecule has 19 heavy (non-hydrogen) atoms. The minimum atomic E-state index is -0.726. The fourth-order valence-corrected chi connectivity index (χ4v) is 2.05. The summed E-state index contributed by atoms with van der Waals surface area (Å²) in [6.45, 7) is 6.64.